The Hall–Kier alpha value is -0.940. The summed E-state index contributed by atoms with van der Waals surface area (Å²) in [4.78, 5) is 20.3. The zero-order valence-electron chi connectivity index (χ0n) is 12.1. The molecule has 1 saturated carbocycles. The lowest BCUT2D eigenvalue weighted by atomic mass is 9.95. The third kappa shape index (κ3) is 2.37. The van der Waals surface area contributed by atoms with Crippen molar-refractivity contribution >= 4 is 17.2 Å². The number of hydrogen-bond acceptors (Lipinski definition) is 4. The normalized spacial score (nSPS) is 29.2. The quantitative estimate of drug-likeness (QED) is 0.911. The van der Waals surface area contributed by atoms with E-state index < -0.39 is 6.10 Å². The van der Waals surface area contributed by atoms with Crippen molar-refractivity contribution in [2.45, 2.75) is 57.6 Å². The zero-order chi connectivity index (χ0) is 14.3. The lowest BCUT2D eigenvalue weighted by molar-refractivity contribution is -0.139. The van der Waals surface area contributed by atoms with Gasteiger partial charge in [-0.05, 0) is 45.4 Å². The number of aryl methyl sites for hydroxylation is 2. The number of thiazole rings is 1. The highest BCUT2D eigenvalue weighted by Gasteiger charge is 2.37. The first-order chi connectivity index (χ1) is 9.58. The van der Waals surface area contributed by atoms with E-state index in [0.29, 0.717) is 0 Å². The molecule has 1 heterocycles. The van der Waals surface area contributed by atoms with Crippen LogP contribution in [-0.2, 0) is 11.2 Å². The fraction of sp³-hybridized carbons (Fsp3) is 0.733. The van der Waals surface area contributed by atoms with Crippen LogP contribution in [0, 0.1) is 12.8 Å². The molecule has 0 bridgehead atoms. The van der Waals surface area contributed by atoms with E-state index in [1.54, 1.807) is 11.3 Å². The molecule has 1 amide bonds. The molecule has 0 aromatic carbocycles. The van der Waals surface area contributed by atoms with Gasteiger partial charge in [-0.3, -0.25) is 4.79 Å². The molecule has 3 rings (SSSR count). The molecule has 3 atom stereocenters. The number of nitrogens with zero attached hydrogens (tertiary/aromatic N) is 2. The zero-order valence-corrected chi connectivity index (χ0v) is 12.9. The standard InChI is InChI=1S/C15H22N2O2S/c1-9-16-11-6-4-7-12(14(11)20-9)17(2)15(19)10-5-3-8-13(10)18/h10,12-13,18H,3-8H2,1-2H3. The van der Waals surface area contributed by atoms with Crippen LogP contribution in [0.5, 0.6) is 0 Å². The Kier molecular flexibility index (Phi) is 3.82. The van der Waals surface area contributed by atoms with E-state index in [1.165, 1.54) is 10.6 Å². The second kappa shape index (κ2) is 5.45. The number of fused-ring (bicyclic) bond motifs is 1. The maximum atomic E-state index is 12.6. The van der Waals surface area contributed by atoms with Crippen LogP contribution in [0.1, 0.15) is 53.7 Å². The molecule has 0 saturated heterocycles. The topological polar surface area (TPSA) is 53.4 Å². The number of aromatic nitrogens is 1. The molecule has 110 valence electrons. The highest BCUT2D eigenvalue weighted by Crippen LogP contribution is 2.39. The molecular formula is C15H22N2O2S. The number of carbonyl (C=O) groups is 1. The van der Waals surface area contributed by atoms with Crippen LogP contribution in [0.25, 0.3) is 0 Å². The molecule has 2 aliphatic carbocycles. The van der Waals surface area contributed by atoms with Crippen molar-refractivity contribution in [3.05, 3.63) is 15.6 Å². The van der Waals surface area contributed by atoms with Crippen LogP contribution < -0.4 is 0 Å². The van der Waals surface area contributed by atoms with Crippen molar-refractivity contribution in [3.8, 4) is 0 Å². The lowest BCUT2D eigenvalue weighted by Crippen LogP contribution is -2.39. The SMILES string of the molecule is Cc1nc2c(s1)C(N(C)C(=O)C1CCCC1O)CCC2. The smallest absolute Gasteiger partial charge is 0.228 e. The predicted octanol–water partition coefficient (Wildman–Crippen LogP) is 2.45. The molecule has 3 unspecified atom stereocenters. The number of rotatable bonds is 2. The van der Waals surface area contributed by atoms with Gasteiger partial charge in [0.15, 0.2) is 0 Å². The molecule has 1 fully saturated rings. The summed E-state index contributed by atoms with van der Waals surface area (Å²) in [7, 11) is 1.89. The number of hydrogen-bond donors (Lipinski definition) is 1. The minimum atomic E-state index is -0.448. The minimum absolute atomic E-state index is 0.110. The third-order valence-electron chi connectivity index (χ3n) is 4.64. The molecule has 0 spiro atoms. The number of aliphatic hydroxyl groups excluding tert-OH is 1. The average Bonchev–Trinajstić information content (AvgIpc) is 3.01. The summed E-state index contributed by atoms with van der Waals surface area (Å²) in [6.07, 6.45) is 5.23. The summed E-state index contributed by atoms with van der Waals surface area (Å²) in [5, 5.41) is 11.0. The van der Waals surface area contributed by atoms with E-state index in [2.05, 4.69) is 4.98 Å². The van der Waals surface area contributed by atoms with Crippen LogP contribution >= 0.6 is 11.3 Å². The van der Waals surface area contributed by atoms with Gasteiger partial charge in [0, 0.05) is 7.05 Å². The molecule has 0 aliphatic heterocycles. The van der Waals surface area contributed by atoms with E-state index in [0.717, 1.165) is 43.5 Å². The molecule has 4 nitrogen and oxygen atoms in total. The molecule has 20 heavy (non-hydrogen) atoms. The Balaban J connectivity index is 1.80. The van der Waals surface area contributed by atoms with Crippen LogP contribution in [0.2, 0.25) is 0 Å². The minimum Gasteiger partial charge on any atom is -0.392 e. The Bertz CT molecular complexity index is 514. The average molecular weight is 294 g/mol. The molecule has 1 aromatic rings. The van der Waals surface area contributed by atoms with Crippen molar-refractivity contribution in [3.63, 3.8) is 0 Å². The Morgan fingerprint density at radius 3 is 2.85 bits per heavy atom. The monoisotopic (exact) mass is 294 g/mol. The van der Waals surface area contributed by atoms with Crippen molar-refractivity contribution in [2.75, 3.05) is 7.05 Å². The van der Waals surface area contributed by atoms with Crippen LogP contribution in [0.15, 0.2) is 0 Å². The van der Waals surface area contributed by atoms with Gasteiger partial charge in [-0.15, -0.1) is 11.3 Å². The van der Waals surface area contributed by atoms with Crippen LogP contribution in [0.3, 0.4) is 0 Å². The highest BCUT2D eigenvalue weighted by molar-refractivity contribution is 7.11. The van der Waals surface area contributed by atoms with Crippen LogP contribution in [0.4, 0.5) is 0 Å². The molecule has 5 heteroatoms. The van der Waals surface area contributed by atoms with Crippen molar-refractivity contribution < 1.29 is 9.90 Å². The second-order valence-electron chi connectivity index (χ2n) is 6.01. The Labute approximate surface area is 123 Å². The largest absolute Gasteiger partial charge is 0.392 e. The number of aliphatic hydroxyl groups is 1. The highest BCUT2D eigenvalue weighted by atomic mass is 32.1. The first-order valence-electron chi connectivity index (χ1n) is 7.49. The summed E-state index contributed by atoms with van der Waals surface area (Å²) in [6.45, 7) is 2.03. The van der Waals surface area contributed by atoms with Crippen LogP contribution in [-0.4, -0.2) is 34.0 Å². The Morgan fingerprint density at radius 2 is 2.15 bits per heavy atom. The van der Waals surface area contributed by atoms with Crippen molar-refractivity contribution in [1.29, 1.82) is 0 Å². The van der Waals surface area contributed by atoms with Gasteiger partial charge in [-0.2, -0.15) is 0 Å². The summed E-state index contributed by atoms with van der Waals surface area (Å²) in [6, 6.07) is 0.158. The maximum Gasteiger partial charge on any atom is 0.228 e. The number of carbonyl (C=O) groups excluding carboxylic acids is 1. The third-order valence-corrected chi connectivity index (χ3v) is 5.75. The fourth-order valence-electron chi connectivity index (χ4n) is 3.53. The fourth-order valence-corrected chi connectivity index (χ4v) is 4.68. The molecule has 2 aliphatic rings. The lowest BCUT2D eigenvalue weighted by Gasteiger charge is -2.33. The van der Waals surface area contributed by atoms with Gasteiger partial charge in [0.1, 0.15) is 0 Å². The van der Waals surface area contributed by atoms with Gasteiger partial charge < -0.3 is 10.0 Å². The van der Waals surface area contributed by atoms with E-state index in [9.17, 15) is 9.90 Å². The maximum absolute atomic E-state index is 12.6. The first kappa shape index (κ1) is 14.0. The second-order valence-corrected chi connectivity index (χ2v) is 7.24. The molecule has 1 N–H and O–H groups in total. The summed E-state index contributed by atoms with van der Waals surface area (Å²) < 4.78 is 0. The molecule has 1 aromatic heterocycles. The van der Waals surface area contributed by atoms with E-state index in [1.807, 2.05) is 18.9 Å². The van der Waals surface area contributed by atoms with Crippen molar-refractivity contribution in [2.24, 2.45) is 5.92 Å². The van der Waals surface area contributed by atoms with Gasteiger partial charge in [0.25, 0.3) is 0 Å². The van der Waals surface area contributed by atoms with Gasteiger partial charge in [0.2, 0.25) is 5.91 Å². The molecule has 0 radical (unpaired) electrons. The summed E-state index contributed by atoms with van der Waals surface area (Å²) in [5.74, 6) is -0.0849. The van der Waals surface area contributed by atoms with E-state index >= 15 is 0 Å². The van der Waals surface area contributed by atoms with Gasteiger partial charge in [-0.25, -0.2) is 4.98 Å². The van der Waals surface area contributed by atoms with Gasteiger partial charge in [-0.1, -0.05) is 0 Å². The Morgan fingerprint density at radius 1 is 1.35 bits per heavy atom. The predicted molar refractivity (Wildman–Crippen MR) is 78.6 cm³/mol. The van der Waals surface area contributed by atoms with Gasteiger partial charge in [0.05, 0.1) is 33.6 Å². The summed E-state index contributed by atoms with van der Waals surface area (Å²) >= 11 is 1.72. The molecular weight excluding hydrogens is 272 g/mol. The first-order valence-corrected chi connectivity index (χ1v) is 8.30. The van der Waals surface area contributed by atoms with Gasteiger partial charge >= 0.3 is 0 Å². The summed E-state index contributed by atoms with van der Waals surface area (Å²) in [5.41, 5.74) is 1.18. The van der Waals surface area contributed by atoms with E-state index in [-0.39, 0.29) is 17.9 Å². The van der Waals surface area contributed by atoms with E-state index in [4.69, 9.17) is 0 Å². The number of amides is 1. The van der Waals surface area contributed by atoms with Crippen molar-refractivity contribution in [1.82, 2.24) is 9.88 Å².